The average Bonchev–Trinajstić information content (AvgIpc) is 2.38. The molecule has 0 heterocycles. The lowest BCUT2D eigenvalue weighted by Gasteiger charge is -2.36. The molecule has 0 aromatic heterocycles. The molecule has 2 unspecified atom stereocenters. The Bertz CT molecular complexity index is 414. The maximum Gasteiger partial charge on any atom is 0.0396 e. The molecular formula is C17H28N2. The first kappa shape index (κ1) is 14.4. The summed E-state index contributed by atoms with van der Waals surface area (Å²) in [5.41, 5.74) is 4.17. The topological polar surface area (TPSA) is 15.3 Å². The summed E-state index contributed by atoms with van der Waals surface area (Å²) < 4.78 is 0. The minimum atomic E-state index is 0.720. The third-order valence-corrected chi connectivity index (χ3v) is 4.48. The Balaban J connectivity index is 2.12. The molecule has 1 N–H and O–H groups in total. The van der Waals surface area contributed by atoms with Crippen LogP contribution < -0.4 is 10.2 Å². The SMILES string of the molecule is CNCc1ccc(N(C)C2CCCC(C)C2)c(C)c1. The van der Waals surface area contributed by atoms with Crippen LogP contribution in [0.4, 0.5) is 5.69 Å². The van der Waals surface area contributed by atoms with Gasteiger partial charge in [0.15, 0.2) is 0 Å². The molecule has 1 saturated carbocycles. The fourth-order valence-corrected chi connectivity index (χ4v) is 3.38. The van der Waals surface area contributed by atoms with Gasteiger partial charge in [0, 0.05) is 25.3 Å². The van der Waals surface area contributed by atoms with Gasteiger partial charge >= 0.3 is 0 Å². The van der Waals surface area contributed by atoms with Gasteiger partial charge in [-0.1, -0.05) is 31.9 Å². The second-order valence-corrected chi connectivity index (χ2v) is 6.19. The van der Waals surface area contributed by atoms with Crippen LogP contribution >= 0.6 is 0 Å². The van der Waals surface area contributed by atoms with Gasteiger partial charge in [0.05, 0.1) is 0 Å². The summed E-state index contributed by atoms with van der Waals surface area (Å²) in [6.45, 7) is 5.57. The number of hydrogen-bond donors (Lipinski definition) is 1. The van der Waals surface area contributed by atoms with Crippen LogP contribution in [0.3, 0.4) is 0 Å². The number of hydrogen-bond acceptors (Lipinski definition) is 2. The van der Waals surface area contributed by atoms with E-state index >= 15 is 0 Å². The standard InChI is InChI=1S/C17H28N2/c1-13-6-5-7-16(10-13)19(4)17-9-8-15(12-18-3)11-14(17)2/h8-9,11,13,16,18H,5-7,10,12H2,1-4H3. The van der Waals surface area contributed by atoms with E-state index in [0.29, 0.717) is 0 Å². The van der Waals surface area contributed by atoms with E-state index in [4.69, 9.17) is 0 Å². The zero-order valence-electron chi connectivity index (χ0n) is 12.9. The Hall–Kier alpha value is -1.02. The maximum atomic E-state index is 3.22. The Morgan fingerprint density at radius 2 is 2.11 bits per heavy atom. The highest BCUT2D eigenvalue weighted by Gasteiger charge is 2.23. The van der Waals surface area contributed by atoms with E-state index in [-0.39, 0.29) is 0 Å². The lowest BCUT2D eigenvalue weighted by molar-refractivity contribution is 0.336. The van der Waals surface area contributed by atoms with Crippen LogP contribution in [0.2, 0.25) is 0 Å². The quantitative estimate of drug-likeness (QED) is 0.887. The molecule has 0 radical (unpaired) electrons. The molecule has 0 amide bonds. The average molecular weight is 260 g/mol. The maximum absolute atomic E-state index is 3.22. The van der Waals surface area contributed by atoms with Crippen LogP contribution in [0, 0.1) is 12.8 Å². The van der Waals surface area contributed by atoms with Crippen molar-refractivity contribution < 1.29 is 0 Å². The summed E-state index contributed by atoms with van der Waals surface area (Å²) in [5.74, 6) is 0.880. The van der Waals surface area contributed by atoms with E-state index in [1.165, 1.54) is 42.5 Å². The Morgan fingerprint density at radius 1 is 1.32 bits per heavy atom. The first-order valence-corrected chi connectivity index (χ1v) is 7.58. The van der Waals surface area contributed by atoms with Crippen molar-refractivity contribution in [3.63, 3.8) is 0 Å². The van der Waals surface area contributed by atoms with Gasteiger partial charge in [0.1, 0.15) is 0 Å². The Labute approximate surface area is 118 Å². The number of aryl methyl sites for hydroxylation is 1. The summed E-state index contributed by atoms with van der Waals surface area (Å²) in [6.07, 6.45) is 5.48. The lowest BCUT2D eigenvalue weighted by atomic mass is 9.86. The second kappa shape index (κ2) is 6.42. The molecule has 1 aromatic rings. The van der Waals surface area contributed by atoms with E-state index < -0.39 is 0 Å². The van der Waals surface area contributed by atoms with Gasteiger partial charge in [-0.25, -0.2) is 0 Å². The van der Waals surface area contributed by atoms with E-state index in [1.807, 2.05) is 7.05 Å². The molecule has 1 fully saturated rings. The predicted octanol–water partition coefficient (Wildman–Crippen LogP) is 3.73. The summed E-state index contributed by atoms with van der Waals surface area (Å²) in [5, 5.41) is 3.22. The van der Waals surface area contributed by atoms with Gasteiger partial charge in [-0.2, -0.15) is 0 Å². The van der Waals surface area contributed by atoms with Crippen LogP contribution in [0.1, 0.15) is 43.7 Å². The molecule has 2 rings (SSSR count). The predicted molar refractivity (Wildman–Crippen MR) is 83.8 cm³/mol. The van der Waals surface area contributed by atoms with Gasteiger partial charge in [0.25, 0.3) is 0 Å². The van der Waals surface area contributed by atoms with Crippen LogP contribution in [0.15, 0.2) is 18.2 Å². The summed E-state index contributed by atoms with van der Waals surface area (Å²) in [6, 6.07) is 7.58. The highest BCUT2D eigenvalue weighted by atomic mass is 15.1. The minimum absolute atomic E-state index is 0.720. The van der Waals surface area contributed by atoms with Gasteiger partial charge in [0.2, 0.25) is 0 Å². The molecule has 106 valence electrons. The molecule has 0 aliphatic heterocycles. The summed E-state index contributed by atoms with van der Waals surface area (Å²) >= 11 is 0. The molecule has 2 heteroatoms. The Morgan fingerprint density at radius 3 is 2.74 bits per heavy atom. The van der Waals surface area contributed by atoms with Crippen LogP contribution in [0.25, 0.3) is 0 Å². The fraction of sp³-hybridized carbons (Fsp3) is 0.647. The molecule has 2 nitrogen and oxygen atoms in total. The number of rotatable bonds is 4. The molecule has 1 aromatic carbocycles. The molecule has 2 atom stereocenters. The smallest absolute Gasteiger partial charge is 0.0396 e. The largest absolute Gasteiger partial charge is 0.371 e. The van der Waals surface area contributed by atoms with Crippen molar-refractivity contribution in [3.05, 3.63) is 29.3 Å². The van der Waals surface area contributed by atoms with Crippen LogP contribution in [-0.4, -0.2) is 20.1 Å². The molecule has 1 aliphatic rings. The Kier molecular flexibility index (Phi) is 4.87. The number of nitrogens with one attached hydrogen (secondary N) is 1. The molecule has 1 aliphatic carbocycles. The van der Waals surface area contributed by atoms with Gasteiger partial charge in [-0.3, -0.25) is 0 Å². The van der Waals surface area contributed by atoms with E-state index in [9.17, 15) is 0 Å². The van der Waals surface area contributed by atoms with Crippen LogP contribution in [-0.2, 0) is 6.54 Å². The molecule has 19 heavy (non-hydrogen) atoms. The summed E-state index contributed by atoms with van der Waals surface area (Å²) in [4.78, 5) is 2.51. The molecular weight excluding hydrogens is 232 g/mol. The van der Waals surface area contributed by atoms with E-state index in [1.54, 1.807) is 0 Å². The van der Waals surface area contributed by atoms with Crippen LogP contribution in [0.5, 0.6) is 0 Å². The van der Waals surface area contributed by atoms with Crippen molar-refractivity contribution in [2.24, 2.45) is 5.92 Å². The molecule has 0 saturated heterocycles. The first-order valence-electron chi connectivity index (χ1n) is 7.58. The fourth-order valence-electron chi connectivity index (χ4n) is 3.38. The van der Waals surface area contributed by atoms with Crippen molar-refractivity contribution in [1.29, 1.82) is 0 Å². The van der Waals surface area contributed by atoms with Crippen molar-refractivity contribution in [3.8, 4) is 0 Å². The molecule has 0 spiro atoms. The van der Waals surface area contributed by atoms with Gasteiger partial charge in [-0.15, -0.1) is 0 Å². The van der Waals surface area contributed by atoms with Gasteiger partial charge < -0.3 is 10.2 Å². The third-order valence-electron chi connectivity index (χ3n) is 4.48. The first-order chi connectivity index (χ1) is 9.11. The number of benzene rings is 1. The second-order valence-electron chi connectivity index (χ2n) is 6.19. The van der Waals surface area contributed by atoms with Crippen molar-refractivity contribution in [2.75, 3.05) is 19.0 Å². The van der Waals surface area contributed by atoms with Crippen molar-refractivity contribution in [2.45, 2.75) is 52.1 Å². The van der Waals surface area contributed by atoms with Crippen molar-refractivity contribution in [1.82, 2.24) is 5.32 Å². The lowest BCUT2D eigenvalue weighted by Crippen LogP contribution is -2.35. The highest BCUT2D eigenvalue weighted by molar-refractivity contribution is 5.54. The third kappa shape index (κ3) is 3.50. The number of nitrogens with zero attached hydrogens (tertiary/aromatic N) is 1. The zero-order valence-corrected chi connectivity index (χ0v) is 12.9. The molecule has 0 bridgehead atoms. The van der Waals surface area contributed by atoms with Crippen molar-refractivity contribution >= 4 is 5.69 Å². The zero-order chi connectivity index (χ0) is 13.8. The van der Waals surface area contributed by atoms with Gasteiger partial charge in [-0.05, 0) is 49.9 Å². The number of anilines is 1. The highest BCUT2D eigenvalue weighted by Crippen LogP contribution is 2.31. The summed E-state index contributed by atoms with van der Waals surface area (Å²) in [7, 11) is 4.27. The van der Waals surface area contributed by atoms with E-state index in [2.05, 4.69) is 49.3 Å². The van der Waals surface area contributed by atoms with E-state index in [0.717, 1.165) is 18.5 Å². The monoisotopic (exact) mass is 260 g/mol. The normalized spacial score (nSPS) is 23.4. The minimum Gasteiger partial charge on any atom is -0.371 e.